The molecule has 0 spiro atoms. The number of carbonyl (C=O) groups excluding carboxylic acids is 1. The van der Waals surface area contributed by atoms with Gasteiger partial charge in [0.15, 0.2) is 31.5 Å². The summed E-state index contributed by atoms with van der Waals surface area (Å²) in [6, 6.07) is 0. The predicted octanol–water partition coefficient (Wildman–Crippen LogP) is -4.16. The number of ether oxygens (including phenoxy) is 12. The van der Waals surface area contributed by atoms with E-state index < -0.39 is 226 Å². The molecule has 5 aliphatic carbocycles. The molecule has 6 heterocycles. The molecule has 0 aromatic rings. The van der Waals surface area contributed by atoms with Crippen LogP contribution in [0.1, 0.15) is 113 Å². The van der Waals surface area contributed by atoms with E-state index in [2.05, 4.69) is 47.3 Å². The molecule has 0 aromatic heterocycles. The summed E-state index contributed by atoms with van der Waals surface area (Å²) in [6.07, 6.45) is -39.1. The van der Waals surface area contributed by atoms with Gasteiger partial charge in [-0.05, 0) is 112 Å². The molecule has 4 saturated carbocycles. The Labute approximate surface area is 544 Å². The van der Waals surface area contributed by atoms with Crippen molar-refractivity contribution in [3.63, 3.8) is 0 Å². The van der Waals surface area contributed by atoms with Crippen molar-refractivity contribution in [1.82, 2.24) is 0 Å². The van der Waals surface area contributed by atoms with Crippen LogP contribution in [0.5, 0.6) is 0 Å². The van der Waals surface area contributed by atoms with Gasteiger partial charge in [0.25, 0.3) is 0 Å². The Bertz CT molecular complexity index is 2670. The number of hydrogen-bond acceptors (Lipinski definition) is 30. The zero-order valence-corrected chi connectivity index (χ0v) is 54.1. The Kier molecular flexibility index (Phi) is 21.5. The van der Waals surface area contributed by atoms with Gasteiger partial charge < -0.3 is 144 Å². The SMILES string of the molecule is C=C1CCC2(C(=O)OC3OC(COC4OC(CO)C(OC5OC(C)C(O)C(O)C5O)C(O)C4O)C(O)C(O)C3O)CCC3(C)C(=CCC4C5(C)CCC(OC6OCC(O)C(O)C6OC6OC(C)C(O)C(OC7OC(CO)C(O)C(O)C7O)C6O)C(C)(C)C5CCC43C)C2C1. The zero-order valence-electron chi connectivity index (χ0n) is 54.1. The van der Waals surface area contributed by atoms with E-state index in [1.54, 1.807) is 0 Å². The number of rotatable bonds is 15. The minimum atomic E-state index is -1.92. The summed E-state index contributed by atoms with van der Waals surface area (Å²) in [5, 5.41) is 184. The van der Waals surface area contributed by atoms with Crippen LogP contribution >= 0.6 is 0 Å². The van der Waals surface area contributed by atoms with Gasteiger partial charge in [-0.1, -0.05) is 58.4 Å². The summed E-state index contributed by atoms with van der Waals surface area (Å²) < 4.78 is 71.4. The first-order chi connectivity index (χ1) is 44.2. The molecular formula is C64H102O30. The molecule has 37 atom stereocenters. The fourth-order valence-corrected chi connectivity index (χ4v) is 18.6. The van der Waals surface area contributed by atoms with Gasteiger partial charge in [0.2, 0.25) is 6.29 Å². The zero-order chi connectivity index (χ0) is 68.4. The highest BCUT2D eigenvalue weighted by Gasteiger charge is 2.70. The van der Waals surface area contributed by atoms with Crippen LogP contribution in [0.15, 0.2) is 23.8 Å². The van der Waals surface area contributed by atoms with Gasteiger partial charge >= 0.3 is 5.97 Å². The van der Waals surface area contributed by atoms with E-state index in [4.69, 9.17) is 56.8 Å². The number of allylic oxidation sites excluding steroid dienone is 3. The molecule has 0 radical (unpaired) electrons. The lowest BCUT2D eigenvalue weighted by Gasteiger charge is -2.71. The summed E-state index contributed by atoms with van der Waals surface area (Å²) in [4.78, 5) is 15.2. The fourth-order valence-electron chi connectivity index (χ4n) is 18.6. The molecule has 94 heavy (non-hydrogen) atoms. The Morgan fingerprint density at radius 3 is 1.77 bits per heavy atom. The normalized spacial score (nSPS) is 54.5. The van der Waals surface area contributed by atoms with Crippen LogP contribution in [0.2, 0.25) is 0 Å². The maximum absolute atomic E-state index is 15.2. The highest BCUT2D eigenvalue weighted by atomic mass is 16.8. The summed E-state index contributed by atoms with van der Waals surface area (Å²) in [5.74, 6) is -0.771. The molecule has 0 bridgehead atoms. The maximum atomic E-state index is 15.2. The van der Waals surface area contributed by atoms with Crippen LogP contribution < -0.4 is 0 Å². The highest BCUT2D eigenvalue weighted by Crippen LogP contribution is 2.76. The van der Waals surface area contributed by atoms with Crippen molar-refractivity contribution in [2.75, 3.05) is 26.4 Å². The summed E-state index contributed by atoms with van der Waals surface area (Å²) in [5.41, 5.74) is -0.480. The molecule has 37 unspecified atom stereocenters. The molecule has 6 saturated heterocycles. The van der Waals surface area contributed by atoms with Crippen LogP contribution in [0.25, 0.3) is 0 Å². The number of hydrogen-bond donors (Lipinski definition) is 17. The highest BCUT2D eigenvalue weighted by molar-refractivity contribution is 5.79. The molecule has 17 N–H and O–H groups in total. The van der Waals surface area contributed by atoms with Gasteiger partial charge in [-0.2, -0.15) is 0 Å². The third-order valence-corrected chi connectivity index (χ3v) is 24.6. The third-order valence-electron chi connectivity index (χ3n) is 24.6. The minimum absolute atomic E-state index is 0.0867. The van der Waals surface area contributed by atoms with Crippen molar-refractivity contribution in [2.45, 2.75) is 297 Å². The van der Waals surface area contributed by atoms with Crippen molar-refractivity contribution in [1.29, 1.82) is 0 Å². The maximum Gasteiger partial charge on any atom is 0.315 e. The van der Waals surface area contributed by atoms with Gasteiger partial charge in [0, 0.05) is 5.92 Å². The Hall–Kier alpha value is -2.17. The lowest BCUT2D eigenvalue weighted by atomic mass is 9.34. The molecule has 30 nitrogen and oxygen atoms in total. The second-order valence-electron chi connectivity index (χ2n) is 30.0. The topological polar surface area (TPSA) is 472 Å². The lowest BCUT2D eigenvalue weighted by Crippen LogP contribution is -2.66. The van der Waals surface area contributed by atoms with E-state index in [-0.39, 0.29) is 35.2 Å². The minimum Gasteiger partial charge on any atom is -0.432 e. The summed E-state index contributed by atoms with van der Waals surface area (Å²) in [7, 11) is 0. The van der Waals surface area contributed by atoms with E-state index >= 15 is 4.79 Å². The van der Waals surface area contributed by atoms with E-state index in [9.17, 15) is 86.8 Å². The number of fused-ring (bicyclic) bond motifs is 7. The van der Waals surface area contributed by atoms with Crippen LogP contribution in [0.3, 0.4) is 0 Å². The number of aliphatic hydroxyl groups is 17. The van der Waals surface area contributed by atoms with Crippen LogP contribution in [-0.4, -0.2) is 303 Å². The van der Waals surface area contributed by atoms with Crippen LogP contribution in [0, 0.1) is 44.8 Å². The van der Waals surface area contributed by atoms with Gasteiger partial charge in [-0.15, -0.1) is 0 Å². The molecule has 11 rings (SSSR count). The van der Waals surface area contributed by atoms with Crippen molar-refractivity contribution in [2.24, 2.45) is 44.8 Å². The van der Waals surface area contributed by atoms with Crippen LogP contribution in [-0.2, 0) is 61.6 Å². The van der Waals surface area contributed by atoms with E-state index in [1.807, 2.05) is 0 Å². The number of aliphatic hydroxyl groups excluding tert-OH is 17. The van der Waals surface area contributed by atoms with Crippen LogP contribution in [0.4, 0.5) is 0 Å². The third kappa shape index (κ3) is 12.4. The lowest BCUT2D eigenvalue weighted by molar-refractivity contribution is -0.382. The molecule has 11 aliphatic rings. The standard InChI is InChI=1S/C64H102O30/c1-24-11-16-64(59(82)94-56-47(79)43(75)40(72)32(89-56)23-84-53-48(80)44(76)50(31(21-66)88-53)91-54-45(77)41(73)36(68)25(2)85-54)18-17-62(7)27(28(64)19-24)9-10-34-61(6)14-13-35(60(4,5)33(61)12-15-63(34,62)8)90-58-52(38(70)29(67)22-83-58)93-57-49(81)51(37(69)26(3)86-57)92-55-46(78)42(74)39(71)30(20-65)87-55/h9,25-26,28-58,65-81H,1,10-23H2,2-8H3. The molecule has 30 heteroatoms. The molecule has 0 amide bonds. The average molecular weight is 1350 g/mol. The Morgan fingerprint density at radius 2 is 1.10 bits per heavy atom. The molecule has 10 fully saturated rings. The quantitative estimate of drug-likeness (QED) is 0.0420. The second kappa shape index (κ2) is 27.6. The number of esters is 1. The molecular weight excluding hydrogens is 1250 g/mol. The van der Waals surface area contributed by atoms with E-state index in [0.29, 0.717) is 44.9 Å². The van der Waals surface area contributed by atoms with Gasteiger partial charge in [0.05, 0.1) is 50.2 Å². The first-order valence-corrected chi connectivity index (χ1v) is 33.3. The fraction of sp³-hybridized carbons (Fsp3) is 0.922. The first-order valence-electron chi connectivity index (χ1n) is 33.3. The van der Waals surface area contributed by atoms with E-state index in [1.165, 1.54) is 13.8 Å². The first kappa shape index (κ1) is 73.1. The number of carbonyl (C=O) groups is 1. The summed E-state index contributed by atoms with van der Waals surface area (Å²) in [6.45, 7) is 16.1. The average Bonchev–Trinajstić information content (AvgIpc) is 0.677. The van der Waals surface area contributed by atoms with E-state index in [0.717, 1.165) is 30.4 Å². The van der Waals surface area contributed by atoms with Crippen molar-refractivity contribution in [3.8, 4) is 0 Å². The van der Waals surface area contributed by atoms with Crippen molar-refractivity contribution >= 4 is 5.97 Å². The van der Waals surface area contributed by atoms with Gasteiger partial charge in [-0.3, -0.25) is 4.79 Å². The Balaban J connectivity index is 0.754. The smallest absolute Gasteiger partial charge is 0.315 e. The monoisotopic (exact) mass is 1350 g/mol. The largest absolute Gasteiger partial charge is 0.432 e. The second-order valence-corrected chi connectivity index (χ2v) is 30.0. The molecule has 6 aliphatic heterocycles. The summed E-state index contributed by atoms with van der Waals surface area (Å²) >= 11 is 0. The molecule has 0 aromatic carbocycles. The van der Waals surface area contributed by atoms with Crippen molar-refractivity contribution < 1.29 is 148 Å². The van der Waals surface area contributed by atoms with Crippen molar-refractivity contribution in [3.05, 3.63) is 23.8 Å². The molecule has 538 valence electrons. The van der Waals surface area contributed by atoms with Gasteiger partial charge in [0.1, 0.15) is 128 Å². The van der Waals surface area contributed by atoms with Gasteiger partial charge in [-0.25, -0.2) is 0 Å². The Morgan fingerprint density at radius 1 is 0.532 bits per heavy atom. The predicted molar refractivity (Wildman–Crippen MR) is 315 cm³/mol.